The van der Waals surface area contributed by atoms with E-state index in [2.05, 4.69) is 39.3 Å². The summed E-state index contributed by atoms with van der Waals surface area (Å²) >= 11 is 1.81. The number of nitrogens with one attached hydrogen (secondary N) is 1. The Labute approximate surface area is 158 Å². The van der Waals surface area contributed by atoms with Crippen molar-refractivity contribution in [2.45, 2.75) is 31.1 Å². The van der Waals surface area contributed by atoms with Crippen LogP contribution < -0.4 is 4.72 Å². The van der Waals surface area contributed by atoms with Gasteiger partial charge in [-0.05, 0) is 35.2 Å². The van der Waals surface area contributed by atoms with Crippen molar-refractivity contribution < 1.29 is 13.2 Å². The lowest BCUT2D eigenvalue weighted by Gasteiger charge is -2.29. The summed E-state index contributed by atoms with van der Waals surface area (Å²) in [6.07, 6.45) is 3.62. The van der Waals surface area contributed by atoms with Gasteiger partial charge < -0.3 is 4.74 Å². The Hall–Kier alpha value is -0.990. The molecule has 0 amide bonds. The van der Waals surface area contributed by atoms with Gasteiger partial charge in [0.05, 0.1) is 18.0 Å². The van der Waals surface area contributed by atoms with Gasteiger partial charge in [0, 0.05) is 42.7 Å². The van der Waals surface area contributed by atoms with Crippen molar-refractivity contribution in [1.29, 1.82) is 0 Å². The van der Waals surface area contributed by atoms with Crippen LogP contribution in [0.5, 0.6) is 0 Å². The van der Waals surface area contributed by atoms with Crippen LogP contribution in [0.3, 0.4) is 0 Å². The Bertz CT molecular complexity index is 941. The third kappa shape index (κ3) is 2.81. The lowest BCUT2D eigenvalue weighted by atomic mass is 9.74. The van der Waals surface area contributed by atoms with Gasteiger partial charge >= 0.3 is 0 Å². The molecule has 3 aliphatic rings. The van der Waals surface area contributed by atoms with Crippen LogP contribution in [-0.2, 0) is 21.3 Å². The molecule has 0 radical (unpaired) electrons. The molecule has 5 rings (SSSR count). The van der Waals surface area contributed by atoms with Crippen LogP contribution in [0, 0.1) is 11.8 Å². The van der Waals surface area contributed by atoms with Crippen LogP contribution in [0.4, 0.5) is 0 Å². The topological polar surface area (TPSA) is 58.6 Å². The van der Waals surface area contributed by atoms with E-state index in [-0.39, 0.29) is 11.7 Å². The van der Waals surface area contributed by atoms with Crippen molar-refractivity contribution in [2.24, 2.45) is 11.8 Å². The van der Waals surface area contributed by atoms with E-state index in [0.717, 1.165) is 32.5 Å². The van der Waals surface area contributed by atoms with Crippen molar-refractivity contribution in [2.75, 3.05) is 25.9 Å². The molecular formula is C19H24N2O3S2. The summed E-state index contributed by atoms with van der Waals surface area (Å²) in [4.78, 5) is 2.51. The zero-order valence-corrected chi connectivity index (χ0v) is 16.5. The molecule has 26 heavy (non-hydrogen) atoms. The molecular weight excluding hydrogens is 368 g/mol. The monoisotopic (exact) mass is 392 g/mol. The number of fused-ring (bicyclic) bond motifs is 2. The zero-order valence-electron chi connectivity index (χ0n) is 14.8. The summed E-state index contributed by atoms with van der Waals surface area (Å²) in [6, 6.07) is 8.58. The molecule has 3 fully saturated rings. The highest BCUT2D eigenvalue weighted by molar-refractivity contribution is 7.88. The number of rotatable bonds is 5. The van der Waals surface area contributed by atoms with Gasteiger partial charge in [-0.2, -0.15) is 0 Å². The van der Waals surface area contributed by atoms with Gasteiger partial charge in [-0.15, -0.1) is 11.3 Å². The fourth-order valence-electron chi connectivity index (χ4n) is 5.32. The Kier molecular flexibility index (Phi) is 3.96. The zero-order chi connectivity index (χ0) is 17.9. The Morgan fingerprint density at radius 1 is 1.38 bits per heavy atom. The van der Waals surface area contributed by atoms with Gasteiger partial charge in [-0.25, -0.2) is 13.1 Å². The summed E-state index contributed by atoms with van der Waals surface area (Å²) in [5, 5.41) is 3.63. The second kappa shape index (κ2) is 6.01. The van der Waals surface area contributed by atoms with Gasteiger partial charge in [-0.1, -0.05) is 18.2 Å². The SMILES string of the molecule is CS(=O)(=O)NC[C@H]1[C@H]2CN(Cc3csc4ccccc34)C[C@]23CC[C@H]1O3. The first kappa shape index (κ1) is 17.1. The summed E-state index contributed by atoms with van der Waals surface area (Å²) in [5.41, 5.74) is 1.34. The number of hydrogen-bond donors (Lipinski definition) is 1. The van der Waals surface area contributed by atoms with Crippen molar-refractivity contribution >= 4 is 31.4 Å². The van der Waals surface area contributed by atoms with Gasteiger partial charge in [0.1, 0.15) is 0 Å². The molecule has 0 aliphatic carbocycles. The van der Waals surface area contributed by atoms with E-state index in [9.17, 15) is 8.42 Å². The van der Waals surface area contributed by atoms with Crippen molar-refractivity contribution in [1.82, 2.24) is 9.62 Å². The van der Waals surface area contributed by atoms with Crippen LogP contribution in [0.1, 0.15) is 18.4 Å². The Balaban J connectivity index is 1.34. The quantitative estimate of drug-likeness (QED) is 0.849. The second-order valence-corrected chi connectivity index (χ2v) is 10.8. The fourth-order valence-corrected chi connectivity index (χ4v) is 6.77. The minimum Gasteiger partial charge on any atom is -0.370 e. The van der Waals surface area contributed by atoms with Crippen molar-refractivity contribution in [3.05, 3.63) is 35.2 Å². The Morgan fingerprint density at radius 3 is 3.08 bits per heavy atom. The van der Waals surface area contributed by atoms with E-state index in [1.807, 2.05) is 11.3 Å². The molecule has 3 saturated heterocycles. The molecule has 4 atom stereocenters. The number of sulfonamides is 1. The van der Waals surface area contributed by atoms with E-state index in [1.165, 1.54) is 21.9 Å². The van der Waals surface area contributed by atoms with E-state index < -0.39 is 10.0 Å². The lowest BCUT2D eigenvalue weighted by molar-refractivity contribution is 0.00223. The predicted molar refractivity (Wildman–Crippen MR) is 104 cm³/mol. The minimum absolute atomic E-state index is 0.0552. The predicted octanol–water partition coefficient (Wildman–Crippen LogP) is 2.43. The maximum absolute atomic E-state index is 11.5. The number of thiophene rings is 1. The molecule has 0 unspecified atom stereocenters. The van der Waals surface area contributed by atoms with Crippen LogP contribution in [0.2, 0.25) is 0 Å². The number of hydrogen-bond acceptors (Lipinski definition) is 5. The van der Waals surface area contributed by atoms with Gasteiger partial charge in [0.2, 0.25) is 10.0 Å². The number of benzene rings is 1. The number of ether oxygens (including phenoxy) is 1. The fraction of sp³-hybridized carbons (Fsp3) is 0.579. The standard InChI is InChI=1S/C19H24N2O3S2/c1-26(22,23)20-8-15-16-10-21(12-19(16)7-6-17(15)24-19)9-13-11-25-18-5-3-2-4-14(13)18/h2-5,11,15-17,20H,6-10,12H2,1H3/t15-,16+,17+,19+/m0/s1. The van der Waals surface area contributed by atoms with Crippen LogP contribution in [0.25, 0.3) is 10.1 Å². The summed E-state index contributed by atoms with van der Waals surface area (Å²) in [5.74, 6) is 0.725. The molecule has 2 bridgehead atoms. The second-order valence-electron chi connectivity index (χ2n) is 8.08. The highest BCUT2D eigenvalue weighted by Crippen LogP contribution is 2.54. The third-order valence-corrected chi connectivity index (χ3v) is 8.09. The average molecular weight is 393 g/mol. The molecule has 1 N–H and O–H groups in total. The molecule has 140 valence electrons. The van der Waals surface area contributed by atoms with E-state index >= 15 is 0 Å². The van der Waals surface area contributed by atoms with Crippen molar-refractivity contribution in [3.8, 4) is 0 Å². The molecule has 2 aromatic rings. The molecule has 5 nitrogen and oxygen atoms in total. The molecule has 1 aromatic heterocycles. The first-order valence-corrected chi connectivity index (χ1v) is 12.0. The van der Waals surface area contributed by atoms with Gasteiger partial charge in [0.15, 0.2) is 0 Å². The van der Waals surface area contributed by atoms with Crippen LogP contribution >= 0.6 is 11.3 Å². The largest absolute Gasteiger partial charge is 0.370 e. The first-order chi connectivity index (χ1) is 12.4. The number of nitrogens with zero attached hydrogens (tertiary/aromatic N) is 1. The lowest BCUT2D eigenvalue weighted by Crippen LogP contribution is -2.41. The first-order valence-electron chi connectivity index (χ1n) is 9.23. The smallest absolute Gasteiger partial charge is 0.208 e. The van der Waals surface area contributed by atoms with Crippen molar-refractivity contribution in [3.63, 3.8) is 0 Å². The highest BCUT2D eigenvalue weighted by Gasteiger charge is 2.62. The maximum atomic E-state index is 11.5. The van der Waals surface area contributed by atoms with E-state index in [1.54, 1.807) is 0 Å². The molecule has 1 spiro atoms. The normalized spacial score (nSPS) is 34.0. The molecule has 4 heterocycles. The molecule has 0 saturated carbocycles. The van der Waals surface area contributed by atoms with Crippen LogP contribution in [-0.4, -0.2) is 50.9 Å². The number of likely N-dealkylation sites (tertiary alicyclic amines) is 1. The van der Waals surface area contributed by atoms with Gasteiger partial charge in [0.25, 0.3) is 0 Å². The molecule has 7 heteroatoms. The maximum Gasteiger partial charge on any atom is 0.208 e. The van der Waals surface area contributed by atoms with E-state index in [4.69, 9.17) is 4.74 Å². The van der Waals surface area contributed by atoms with E-state index in [0.29, 0.717) is 18.4 Å². The Morgan fingerprint density at radius 2 is 2.23 bits per heavy atom. The summed E-state index contributed by atoms with van der Waals surface area (Å²) in [7, 11) is -3.16. The average Bonchev–Trinajstić information content (AvgIpc) is 3.32. The highest BCUT2D eigenvalue weighted by atomic mass is 32.2. The van der Waals surface area contributed by atoms with Crippen LogP contribution in [0.15, 0.2) is 29.6 Å². The minimum atomic E-state index is -3.16. The summed E-state index contributed by atoms with van der Waals surface area (Å²) < 4.78 is 33.5. The summed E-state index contributed by atoms with van der Waals surface area (Å²) in [6.45, 7) is 3.41. The molecule has 3 aliphatic heterocycles. The third-order valence-electron chi connectivity index (χ3n) is 6.39. The van der Waals surface area contributed by atoms with Gasteiger partial charge in [-0.3, -0.25) is 4.90 Å². The molecule has 1 aromatic carbocycles.